The van der Waals surface area contributed by atoms with E-state index in [1.165, 1.54) is 19.3 Å². The molecule has 2 rings (SSSR count). The summed E-state index contributed by atoms with van der Waals surface area (Å²) in [4.78, 5) is 4.08. The molecule has 0 atom stereocenters. The molecule has 0 unspecified atom stereocenters. The molecule has 1 heterocycles. The van der Waals surface area contributed by atoms with Gasteiger partial charge in [0.25, 0.3) is 0 Å². The average Bonchev–Trinajstić information content (AvgIpc) is 3.01. The molecule has 2 N–H and O–H groups in total. The van der Waals surface area contributed by atoms with Crippen LogP contribution in [0.5, 0.6) is 5.75 Å². The number of nitrogens with zero attached hydrogens (tertiary/aromatic N) is 2. The van der Waals surface area contributed by atoms with Crippen LogP contribution in [0.15, 0.2) is 43.0 Å². The van der Waals surface area contributed by atoms with Gasteiger partial charge in [-0.3, -0.25) is 0 Å². The SMILES string of the molecule is NCCCCCCCOc1ccccc1-n1ccnc1. The summed E-state index contributed by atoms with van der Waals surface area (Å²) in [5.41, 5.74) is 6.51. The standard InChI is InChI=1S/C16H23N3O/c17-10-6-2-1-3-7-13-20-16-9-5-4-8-15(16)19-12-11-18-14-19/h4-5,8-9,11-12,14H,1-3,6-7,10,13,17H2. The number of rotatable bonds is 9. The van der Waals surface area contributed by atoms with Crippen LogP contribution in [0, 0.1) is 0 Å². The van der Waals surface area contributed by atoms with Crippen LogP contribution in [-0.4, -0.2) is 22.7 Å². The first-order valence-electron chi connectivity index (χ1n) is 7.32. The second kappa shape index (κ2) is 8.38. The molecule has 0 radical (unpaired) electrons. The van der Waals surface area contributed by atoms with E-state index < -0.39 is 0 Å². The van der Waals surface area contributed by atoms with E-state index in [9.17, 15) is 0 Å². The van der Waals surface area contributed by atoms with Crippen LogP contribution >= 0.6 is 0 Å². The summed E-state index contributed by atoms with van der Waals surface area (Å²) in [6.07, 6.45) is 11.4. The molecule has 4 heteroatoms. The second-order valence-corrected chi connectivity index (χ2v) is 4.84. The first-order valence-corrected chi connectivity index (χ1v) is 7.32. The van der Waals surface area contributed by atoms with Gasteiger partial charge < -0.3 is 15.0 Å². The maximum Gasteiger partial charge on any atom is 0.143 e. The van der Waals surface area contributed by atoms with Gasteiger partial charge in [0.1, 0.15) is 5.75 Å². The smallest absolute Gasteiger partial charge is 0.143 e. The Balaban J connectivity index is 1.79. The summed E-state index contributed by atoms with van der Waals surface area (Å²) in [7, 11) is 0. The van der Waals surface area contributed by atoms with Crippen molar-refractivity contribution in [2.45, 2.75) is 32.1 Å². The molecule has 0 aliphatic heterocycles. The lowest BCUT2D eigenvalue weighted by Crippen LogP contribution is -2.02. The third-order valence-corrected chi connectivity index (χ3v) is 3.25. The summed E-state index contributed by atoms with van der Waals surface area (Å²) in [6.45, 7) is 1.56. The van der Waals surface area contributed by atoms with Gasteiger partial charge in [0, 0.05) is 12.4 Å². The van der Waals surface area contributed by atoms with E-state index in [0.717, 1.165) is 37.4 Å². The van der Waals surface area contributed by atoms with Gasteiger partial charge in [0.05, 0.1) is 18.6 Å². The summed E-state index contributed by atoms with van der Waals surface area (Å²) >= 11 is 0. The van der Waals surface area contributed by atoms with Gasteiger partial charge in [-0.25, -0.2) is 4.98 Å². The monoisotopic (exact) mass is 273 g/mol. The summed E-state index contributed by atoms with van der Waals surface area (Å²) in [5, 5.41) is 0. The predicted octanol–water partition coefficient (Wildman–Crippen LogP) is 3.16. The lowest BCUT2D eigenvalue weighted by molar-refractivity contribution is 0.303. The first kappa shape index (κ1) is 14.6. The van der Waals surface area contributed by atoms with Crippen molar-refractivity contribution in [2.75, 3.05) is 13.2 Å². The zero-order valence-corrected chi connectivity index (χ0v) is 11.9. The number of unbranched alkanes of at least 4 members (excludes halogenated alkanes) is 4. The van der Waals surface area contributed by atoms with E-state index in [1.54, 1.807) is 12.5 Å². The average molecular weight is 273 g/mol. The molecule has 0 fully saturated rings. The molecule has 0 amide bonds. The number of aromatic nitrogens is 2. The molecular formula is C16H23N3O. The van der Waals surface area contributed by atoms with Crippen molar-refractivity contribution in [3.05, 3.63) is 43.0 Å². The molecule has 0 saturated carbocycles. The van der Waals surface area contributed by atoms with Crippen LogP contribution in [0.1, 0.15) is 32.1 Å². The maximum atomic E-state index is 5.89. The summed E-state index contributed by atoms with van der Waals surface area (Å²) in [6, 6.07) is 8.05. The molecule has 2 aromatic rings. The quantitative estimate of drug-likeness (QED) is 0.714. The Labute approximate surface area is 120 Å². The van der Waals surface area contributed by atoms with Crippen LogP contribution in [0.2, 0.25) is 0 Å². The van der Waals surface area contributed by atoms with E-state index in [-0.39, 0.29) is 0 Å². The minimum Gasteiger partial charge on any atom is -0.491 e. The Hall–Kier alpha value is -1.81. The Bertz CT molecular complexity index is 482. The van der Waals surface area contributed by atoms with Gasteiger partial charge in [-0.1, -0.05) is 31.4 Å². The van der Waals surface area contributed by atoms with Crippen molar-refractivity contribution in [2.24, 2.45) is 5.73 Å². The van der Waals surface area contributed by atoms with Crippen molar-refractivity contribution in [1.82, 2.24) is 9.55 Å². The minimum atomic E-state index is 0.758. The Kier molecular flexibility index (Phi) is 6.11. The molecule has 1 aromatic carbocycles. The highest BCUT2D eigenvalue weighted by Gasteiger charge is 2.04. The Morgan fingerprint density at radius 3 is 2.65 bits per heavy atom. The number of hydrogen-bond donors (Lipinski definition) is 1. The molecule has 20 heavy (non-hydrogen) atoms. The van der Waals surface area contributed by atoms with E-state index in [2.05, 4.69) is 4.98 Å². The second-order valence-electron chi connectivity index (χ2n) is 4.84. The molecule has 0 aliphatic carbocycles. The number of nitrogens with two attached hydrogens (primary N) is 1. The topological polar surface area (TPSA) is 53.1 Å². The zero-order valence-electron chi connectivity index (χ0n) is 11.9. The highest BCUT2D eigenvalue weighted by Crippen LogP contribution is 2.22. The van der Waals surface area contributed by atoms with Crippen molar-refractivity contribution < 1.29 is 4.74 Å². The minimum absolute atomic E-state index is 0.758. The lowest BCUT2D eigenvalue weighted by atomic mass is 10.1. The third-order valence-electron chi connectivity index (χ3n) is 3.25. The molecular weight excluding hydrogens is 250 g/mol. The van der Waals surface area contributed by atoms with Gasteiger partial charge >= 0.3 is 0 Å². The molecule has 0 spiro atoms. The van der Waals surface area contributed by atoms with E-state index in [4.69, 9.17) is 10.5 Å². The van der Waals surface area contributed by atoms with Crippen molar-refractivity contribution >= 4 is 0 Å². The van der Waals surface area contributed by atoms with Gasteiger partial charge in [-0.15, -0.1) is 0 Å². The Morgan fingerprint density at radius 2 is 1.85 bits per heavy atom. The van der Waals surface area contributed by atoms with Gasteiger partial charge in [-0.05, 0) is 31.5 Å². The molecule has 0 saturated heterocycles. The van der Waals surface area contributed by atoms with E-state index >= 15 is 0 Å². The van der Waals surface area contributed by atoms with Crippen molar-refractivity contribution in [3.8, 4) is 11.4 Å². The normalized spacial score (nSPS) is 10.7. The third kappa shape index (κ3) is 4.38. The number of imidazole rings is 1. The molecule has 4 nitrogen and oxygen atoms in total. The number of para-hydroxylation sites is 2. The highest BCUT2D eigenvalue weighted by atomic mass is 16.5. The fourth-order valence-corrected chi connectivity index (χ4v) is 2.15. The first-order chi connectivity index (χ1) is 9.92. The van der Waals surface area contributed by atoms with Crippen LogP contribution in [-0.2, 0) is 0 Å². The number of hydrogen-bond acceptors (Lipinski definition) is 3. The summed E-state index contributed by atoms with van der Waals surface area (Å²) < 4.78 is 7.86. The molecule has 0 aliphatic rings. The highest BCUT2D eigenvalue weighted by molar-refractivity contribution is 5.46. The largest absolute Gasteiger partial charge is 0.491 e. The maximum absolute atomic E-state index is 5.89. The van der Waals surface area contributed by atoms with E-state index in [1.807, 2.05) is 35.0 Å². The van der Waals surface area contributed by atoms with Crippen LogP contribution in [0.4, 0.5) is 0 Å². The number of benzene rings is 1. The van der Waals surface area contributed by atoms with Gasteiger partial charge in [-0.2, -0.15) is 0 Å². The fourth-order valence-electron chi connectivity index (χ4n) is 2.15. The van der Waals surface area contributed by atoms with E-state index in [0.29, 0.717) is 0 Å². The molecule has 1 aromatic heterocycles. The van der Waals surface area contributed by atoms with Crippen LogP contribution in [0.25, 0.3) is 5.69 Å². The lowest BCUT2D eigenvalue weighted by Gasteiger charge is -2.11. The zero-order chi connectivity index (χ0) is 14.0. The van der Waals surface area contributed by atoms with Crippen molar-refractivity contribution in [3.63, 3.8) is 0 Å². The molecule has 108 valence electrons. The molecule has 0 bridgehead atoms. The van der Waals surface area contributed by atoms with Crippen LogP contribution in [0.3, 0.4) is 0 Å². The Morgan fingerprint density at radius 1 is 1.05 bits per heavy atom. The van der Waals surface area contributed by atoms with Crippen LogP contribution < -0.4 is 10.5 Å². The van der Waals surface area contributed by atoms with Crippen molar-refractivity contribution in [1.29, 1.82) is 0 Å². The predicted molar refractivity (Wildman–Crippen MR) is 81.2 cm³/mol. The summed E-state index contributed by atoms with van der Waals surface area (Å²) in [5.74, 6) is 0.910. The fraction of sp³-hybridized carbons (Fsp3) is 0.438. The van der Waals surface area contributed by atoms with Gasteiger partial charge in [0.15, 0.2) is 0 Å². The number of ether oxygens (including phenoxy) is 1. The van der Waals surface area contributed by atoms with Gasteiger partial charge in [0.2, 0.25) is 0 Å².